The molecule has 3 heterocycles. The maximum atomic E-state index is 5.33. The predicted molar refractivity (Wildman–Crippen MR) is 73.3 cm³/mol. The number of hydrogen-bond acceptors (Lipinski definition) is 6. The second-order valence-electron chi connectivity index (χ2n) is 5.09. The third-order valence-corrected chi connectivity index (χ3v) is 3.72. The fourth-order valence-electron chi connectivity index (χ4n) is 2.46. The lowest BCUT2D eigenvalue weighted by atomic mass is 10.2. The molecule has 20 heavy (non-hydrogen) atoms. The van der Waals surface area contributed by atoms with Gasteiger partial charge in [0.25, 0.3) is 0 Å². The van der Waals surface area contributed by atoms with Crippen molar-refractivity contribution in [2.75, 3.05) is 26.2 Å². The molecule has 6 heteroatoms. The van der Waals surface area contributed by atoms with Gasteiger partial charge in [0.15, 0.2) is 5.82 Å². The summed E-state index contributed by atoms with van der Waals surface area (Å²) >= 11 is 0. The molecule has 1 N–H and O–H groups in total. The molecule has 0 radical (unpaired) electrons. The van der Waals surface area contributed by atoms with E-state index in [1.807, 2.05) is 12.1 Å². The summed E-state index contributed by atoms with van der Waals surface area (Å²) < 4.78 is 10.6. The topological polar surface area (TPSA) is 67.3 Å². The summed E-state index contributed by atoms with van der Waals surface area (Å²) in [4.78, 5) is 6.88. The molecule has 108 valence electrons. The first-order valence-corrected chi connectivity index (χ1v) is 7.12. The zero-order chi connectivity index (χ0) is 13.8. The minimum atomic E-state index is 0.207. The van der Waals surface area contributed by atoms with Crippen LogP contribution in [0.2, 0.25) is 0 Å². The van der Waals surface area contributed by atoms with Gasteiger partial charge in [0.1, 0.15) is 5.76 Å². The third kappa shape index (κ3) is 3.08. The number of furan rings is 1. The van der Waals surface area contributed by atoms with Crippen LogP contribution in [0.1, 0.15) is 30.4 Å². The number of hydrogen-bond donors (Lipinski definition) is 1. The van der Waals surface area contributed by atoms with Crippen LogP contribution in [-0.4, -0.2) is 41.2 Å². The molecular formula is C14H20N4O2. The van der Waals surface area contributed by atoms with Gasteiger partial charge in [0.2, 0.25) is 5.89 Å². The second kappa shape index (κ2) is 6.19. The van der Waals surface area contributed by atoms with Gasteiger partial charge in [-0.05, 0) is 19.1 Å². The van der Waals surface area contributed by atoms with E-state index in [2.05, 4.69) is 27.3 Å². The third-order valence-electron chi connectivity index (χ3n) is 3.72. The highest BCUT2D eigenvalue weighted by molar-refractivity contribution is 5.01. The molecule has 0 bridgehead atoms. The molecule has 1 unspecified atom stereocenters. The van der Waals surface area contributed by atoms with Gasteiger partial charge in [-0.1, -0.05) is 5.16 Å². The Morgan fingerprint density at radius 3 is 2.95 bits per heavy atom. The van der Waals surface area contributed by atoms with Crippen molar-refractivity contribution in [3.8, 4) is 0 Å². The smallest absolute Gasteiger partial charge is 0.227 e. The van der Waals surface area contributed by atoms with Crippen LogP contribution in [-0.2, 0) is 12.8 Å². The zero-order valence-corrected chi connectivity index (χ0v) is 11.7. The summed E-state index contributed by atoms with van der Waals surface area (Å²) in [5.41, 5.74) is 0. The Kier molecular flexibility index (Phi) is 4.13. The molecular weight excluding hydrogens is 256 g/mol. The molecule has 3 rings (SSSR count). The molecule has 0 spiro atoms. The predicted octanol–water partition coefficient (Wildman–Crippen LogP) is 1.41. The van der Waals surface area contributed by atoms with E-state index in [9.17, 15) is 0 Å². The summed E-state index contributed by atoms with van der Waals surface area (Å²) in [5, 5.41) is 7.46. The van der Waals surface area contributed by atoms with Crippen molar-refractivity contribution in [2.24, 2.45) is 0 Å². The molecule has 2 aromatic heterocycles. The van der Waals surface area contributed by atoms with E-state index in [0.717, 1.165) is 50.6 Å². The average Bonchev–Trinajstić information content (AvgIpc) is 3.17. The Bertz CT molecular complexity index is 517. The highest BCUT2D eigenvalue weighted by atomic mass is 16.5. The maximum Gasteiger partial charge on any atom is 0.227 e. The normalized spacial score (nSPS) is 18.2. The van der Waals surface area contributed by atoms with Crippen LogP contribution in [0.4, 0.5) is 0 Å². The second-order valence-corrected chi connectivity index (χ2v) is 5.09. The Balaban J connectivity index is 1.58. The van der Waals surface area contributed by atoms with Gasteiger partial charge in [-0.2, -0.15) is 4.98 Å². The molecule has 0 saturated carbocycles. The molecule has 0 aromatic carbocycles. The Hall–Kier alpha value is -1.66. The average molecular weight is 276 g/mol. The molecule has 0 amide bonds. The summed E-state index contributed by atoms with van der Waals surface area (Å²) in [6.45, 7) is 6.22. The van der Waals surface area contributed by atoms with Gasteiger partial charge in [-0.25, -0.2) is 0 Å². The summed E-state index contributed by atoms with van der Waals surface area (Å²) in [7, 11) is 0. The van der Waals surface area contributed by atoms with Crippen LogP contribution in [0.3, 0.4) is 0 Å². The standard InChI is InChI=1S/C14H20N4O2/c1-11(18-8-6-15-7-9-18)14-16-13(20-17-14)5-4-12-3-2-10-19-12/h2-3,10-11,15H,4-9H2,1H3. The minimum Gasteiger partial charge on any atom is -0.469 e. The Morgan fingerprint density at radius 2 is 2.20 bits per heavy atom. The van der Waals surface area contributed by atoms with Gasteiger partial charge >= 0.3 is 0 Å². The quantitative estimate of drug-likeness (QED) is 0.890. The van der Waals surface area contributed by atoms with Crippen LogP contribution in [0.5, 0.6) is 0 Å². The fraction of sp³-hybridized carbons (Fsp3) is 0.571. The van der Waals surface area contributed by atoms with Gasteiger partial charge < -0.3 is 14.3 Å². The van der Waals surface area contributed by atoms with E-state index in [4.69, 9.17) is 8.94 Å². The molecule has 1 fully saturated rings. The van der Waals surface area contributed by atoms with Crippen molar-refractivity contribution in [2.45, 2.75) is 25.8 Å². The van der Waals surface area contributed by atoms with Crippen molar-refractivity contribution in [1.29, 1.82) is 0 Å². The van der Waals surface area contributed by atoms with Gasteiger partial charge in [-0.15, -0.1) is 0 Å². The SMILES string of the molecule is CC(c1noc(CCc2ccco2)n1)N1CCNCC1. The molecule has 0 aliphatic carbocycles. The highest BCUT2D eigenvalue weighted by Gasteiger charge is 2.22. The molecule has 1 aliphatic rings. The lowest BCUT2D eigenvalue weighted by molar-refractivity contribution is 0.176. The Labute approximate surface area is 118 Å². The summed E-state index contributed by atoms with van der Waals surface area (Å²) in [6, 6.07) is 4.06. The van der Waals surface area contributed by atoms with Crippen molar-refractivity contribution < 1.29 is 8.94 Å². The number of nitrogens with zero attached hydrogens (tertiary/aromatic N) is 3. The van der Waals surface area contributed by atoms with E-state index in [1.54, 1.807) is 6.26 Å². The fourth-order valence-corrected chi connectivity index (χ4v) is 2.46. The Morgan fingerprint density at radius 1 is 1.35 bits per heavy atom. The zero-order valence-electron chi connectivity index (χ0n) is 11.7. The highest BCUT2D eigenvalue weighted by Crippen LogP contribution is 2.18. The van der Waals surface area contributed by atoms with Crippen molar-refractivity contribution in [1.82, 2.24) is 20.4 Å². The first-order chi connectivity index (χ1) is 9.83. The van der Waals surface area contributed by atoms with E-state index in [-0.39, 0.29) is 6.04 Å². The number of aryl methyl sites for hydroxylation is 2. The van der Waals surface area contributed by atoms with Gasteiger partial charge in [0.05, 0.1) is 12.3 Å². The summed E-state index contributed by atoms with van der Waals surface area (Å²) in [5.74, 6) is 2.40. The van der Waals surface area contributed by atoms with Crippen molar-refractivity contribution in [3.63, 3.8) is 0 Å². The van der Waals surface area contributed by atoms with E-state index >= 15 is 0 Å². The van der Waals surface area contributed by atoms with E-state index in [0.29, 0.717) is 5.89 Å². The lowest BCUT2D eigenvalue weighted by Gasteiger charge is -2.30. The van der Waals surface area contributed by atoms with Gasteiger partial charge in [-0.3, -0.25) is 4.90 Å². The van der Waals surface area contributed by atoms with E-state index < -0.39 is 0 Å². The number of piperazine rings is 1. The molecule has 2 aromatic rings. The molecule has 1 aliphatic heterocycles. The van der Waals surface area contributed by atoms with Crippen molar-refractivity contribution >= 4 is 0 Å². The van der Waals surface area contributed by atoms with Crippen molar-refractivity contribution in [3.05, 3.63) is 35.9 Å². The number of aromatic nitrogens is 2. The van der Waals surface area contributed by atoms with Gasteiger partial charge in [0, 0.05) is 39.0 Å². The summed E-state index contributed by atoms with van der Waals surface area (Å²) in [6.07, 6.45) is 3.19. The lowest BCUT2D eigenvalue weighted by Crippen LogP contribution is -2.44. The first-order valence-electron chi connectivity index (χ1n) is 7.12. The largest absolute Gasteiger partial charge is 0.469 e. The minimum absolute atomic E-state index is 0.207. The van der Waals surface area contributed by atoms with Crippen LogP contribution in [0.25, 0.3) is 0 Å². The molecule has 1 saturated heterocycles. The number of rotatable bonds is 5. The van der Waals surface area contributed by atoms with Crippen LogP contribution >= 0.6 is 0 Å². The number of nitrogens with one attached hydrogen (secondary N) is 1. The van der Waals surface area contributed by atoms with Crippen LogP contribution < -0.4 is 5.32 Å². The van der Waals surface area contributed by atoms with E-state index in [1.165, 1.54) is 0 Å². The van der Waals surface area contributed by atoms with Crippen LogP contribution in [0, 0.1) is 0 Å². The monoisotopic (exact) mass is 276 g/mol. The molecule has 1 atom stereocenters. The maximum absolute atomic E-state index is 5.33. The molecule has 6 nitrogen and oxygen atoms in total. The van der Waals surface area contributed by atoms with Crippen LogP contribution in [0.15, 0.2) is 27.3 Å². The first kappa shape index (κ1) is 13.3.